The molecule has 6 heteroatoms. The summed E-state index contributed by atoms with van der Waals surface area (Å²) >= 11 is 0. The number of benzene rings is 1. The number of amides is 2. The highest BCUT2D eigenvalue weighted by atomic mass is 19.1. The van der Waals surface area contributed by atoms with Gasteiger partial charge >= 0.3 is 0 Å². The molecular formula is C20H28FN3O2. The Kier molecular flexibility index (Phi) is 5.91. The van der Waals surface area contributed by atoms with Crippen LogP contribution in [0.3, 0.4) is 0 Å². The molecule has 2 amide bonds. The highest BCUT2D eigenvalue weighted by Gasteiger charge is 2.38. The molecule has 1 aromatic rings. The molecule has 1 aromatic carbocycles. The summed E-state index contributed by atoms with van der Waals surface area (Å²) in [5.41, 5.74) is 5.68. The van der Waals surface area contributed by atoms with Crippen LogP contribution in [-0.2, 0) is 15.0 Å². The van der Waals surface area contributed by atoms with E-state index in [1.165, 1.54) is 6.07 Å². The molecule has 1 aliphatic heterocycles. The smallest absolute Gasteiger partial charge is 0.231 e. The van der Waals surface area contributed by atoms with Gasteiger partial charge in [-0.3, -0.25) is 14.5 Å². The van der Waals surface area contributed by atoms with Gasteiger partial charge in [0.25, 0.3) is 0 Å². The quantitative estimate of drug-likeness (QED) is 0.813. The number of halogens is 1. The SMILES string of the molecule is NC(=O)CN1CCC[C@@H](C(=O)NCC2(c3ccccc3F)CCCC2)C1. The summed E-state index contributed by atoms with van der Waals surface area (Å²) in [6, 6.07) is 6.92. The third-order valence-corrected chi connectivity index (χ3v) is 5.86. The molecule has 0 unspecified atom stereocenters. The summed E-state index contributed by atoms with van der Waals surface area (Å²) in [7, 11) is 0. The van der Waals surface area contributed by atoms with Gasteiger partial charge in [0.1, 0.15) is 5.82 Å². The van der Waals surface area contributed by atoms with Crippen molar-refractivity contribution in [3.05, 3.63) is 35.6 Å². The van der Waals surface area contributed by atoms with Crippen LogP contribution >= 0.6 is 0 Å². The topological polar surface area (TPSA) is 75.4 Å². The molecule has 1 heterocycles. The molecule has 2 aliphatic rings. The van der Waals surface area contributed by atoms with Crippen LogP contribution in [0.2, 0.25) is 0 Å². The Morgan fingerprint density at radius 1 is 1.23 bits per heavy atom. The Morgan fingerprint density at radius 2 is 1.96 bits per heavy atom. The summed E-state index contributed by atoms with van der Waals surface area (Å²) < 4.78 is 14.4. The van der Waals surface area contributed by atoms with Crippen molar-refractivity contribution < 1.29 is 14.0 Å². The molecule has 3 rings (SSSR count). The van der Waals surface area contributed by atoms with Crippen LogP contribution in [0.1, 0.15) is 44.1 Å². The first-order valence-electron chi connectivity index (χ1n) is 9.53. The van der Waals surface area contributed by atoms with Crippen molar-refractivity contribution in [2.24, 2.45) is 11.7 Å². The molecule has 2 fully saturated rings. The normalized spacial score (nSPS) is 22.9. The monoisotopic (exact) mass is 361 g/mol. The number of hydrogen-bond acceptors (Lipinski definition) is 3. The van der Waals surface area contributed by atoms with Crippen molar-refractivity contribution in [3.8, 4) is 0 Å². The average Bonchev–Trinajstić information content (AvgIpc) is 3.09. The predicted octanol–water partition coefficient (Wildman–Crippen LogP) is 1.95. The number of nitrogens with zero attached hydrogens (tertiary/aromatic N) is 1. The lowest BCUT2D eigenvalue weighted by Gasteiger charge is -2.34. The summed E-state index contributed by atoms with van der Waals surface area (Å²) in [6.07, 6.45) is 5.59. The fourth-order valence-electron chi connectivity index (χ4n) is 4.52. The zero-order chi connectivity index (χ0) is 18.6. The van der Waals surface area contributed by atoms with Gasteiger partial charge in [0.15, 0.2) is 0 Å². The van der Waals surface area contributed by atoms with Gasteiger partial charge in [-0.2, -0.15) is 0 Å². The van der Waals surface area contributed by atoms with Gasteiger partial charge in [0.2, 0.25) is 11.8 Å². The van der Waals surface area contributed by atoms with Gasteiger partial charge in [-0.1, -0.05) is 31.0 Å². The van der Waals surface area contributed by atoms with E-state index in [0.717, 1.165) is 50.6 Å². The van der Waals surface area contributed by atoms with E-state index in [9.17, 15) is 14.0 Å². The van der Waals surface area contributed by atoms with E-state index in [1.54, 1.807) is 6.07 Å². The molecule has 1 saturated heterocycles. The zero-order valence-corrected chi connectivity index (χ0v) is 15.2. The Bertz CT molecular complexity index is 658. The van der Waals surface area contributed by atoms with Gasteiger partial charge < -0.3 is 11.1 Å². The van der Waals surface area contributed by atoms with Crippen LogP contribution < -0.4 is 11.1 Å². The Hall–Kier alpha value is -1.95. The van der Waals surface area contributed by atoms with Crippen LogP contribution in [-0.4, -0.2) is 42.9 Å². The van der Waals surface area contributed by atoms with Crippen LogP contribution in [0.25, 0.3) is 0 Å². The van der Waals surface area contributed by atoms with Gasteiger partial charge in [-0.15, -0.1) is 0 Å². The maximum absolute atomic E-state index is 14.4. The maximum Gasteiger partial charge on any atom is 0.231 e. The fraction of sp³-hybridized carbons (Fsp3) is 0.600. The molecule has 0 aromatic heterocycles. The van der Waals surface area contributed by atoms with E-state index < -0.39 is 0 Å². The number of piperidine rings is 1. The average molecular weight is 361 g/mol. The predicted molar refractivity (Wildman–Crippen MR) is 97.9 cm³/mol. The van der Waals surface area contributed by atoms with Crippen molar-refractivity contribution >= 4 is 11.8 Å². The first kappa shape index (κ1) is 18.8. The molecule has 26 heavy (non-hydrogen) atoms. The highest BCUT2D eigenvalue weighted by Crippen LogP contribution is 2.41. The van der Waals surface area contributed by atoms with Crippen molar-refractivity contribution in [2.45, 2.75) is 43.9 Å². The molecule has 142 valence electrons. The zero-order valence-electron chi connectivity index (χ0n) is 15.2. The lowest BCUT2D eigenvalue weighted by atomic mass is 9.78. The lowest BCUT2D eigenvalue weighted by molar-refractivity contribution is -0.128. The van der Waals surface area contributed by atoms with E-state index in [2.05, 4.69) is 5.32 Å². The first-order valence-corrected chi connectivity index (χ1v) is 9.53. The van der Waals surface area contributed by atoms with Gasteiger partial charge in [-0.05, 0) is 43.9 Å². The van der Waals surface area contributed by atoms with E-state index in [-0.39, 0.29) is 35.5 Å². The van der Waals surface area contributed by atoms with Crippen LogP contribution in [0.4, 0.5) is 4.39 Å². The molecular weight excluding hydrogens is 333 g/mol. The summed E-state index contributed by atoms with van der Waals surface area (Å²) in [5.74, 6) is -0.687. The van der Waals surface area contributed by atoms with Crippen molar-refractivity contribution in [2.75, 3.05) is 26.2 Å². The summed E-state index contributed by atoms with van der Waals surface area (Å²) in [6.45, 7) is 2.02. The van der Waals surface area contributed by atoms with Gasteiger partial charge in [0, 0.05) is 18.5 Å². The second-order valence-corrected chi connectivity index (χ2v) is 7.73. The van der Waals surface area contributed by atoms with Crippen molar-refractivity contribution in [3.63, 3.8) is 0 Å². The molecule has 1 aliphatic carbocycles. The number of carbonyl (C=O) groups is 2. The largest absolute Gasteiger partial charge is 0.369 e. The second kappa shape index (κ2) is 8.16. The molecule has 1 atom stereocenters. The van der Waals surface area contributed by atoms with Gasteiger partial charge in [0.05, 0.1) is 12.5 Å². The summed E-state index contributed by atoms with van der Waals surface area (Å²) in [4.78, 5) is 25.8. The van der Waals surface area contributed by atoms with Crippen LogP contribution in [0.15, 0.2) is 24.3 Å². The van der Waals surface area contributed by atoms with Crippen LogP contribution in [0.5, 0.6) is 0 Å². The third-order valence-electron chi connectivity index (χ3n) is 5.86. The lowest BCUT2D eigenvalue weighted by Crippen LogP contribution is -2.48. The van der Waals surface area contributed by atoms with Crippen molar-refractivity contribution in [1.29, 1.82) is 0 Å². The van der Waals surface area contributed by atoms with E-state index in [1.807, 2.05) is 17.0 Å². The number of nitrogens with one attached hydrogen (secondary N) is 1. The molecule has 1 saturated carbocycles. The minimum atomic E-state index is -0.365. The highest BCUT2D eigenvalue weighted by molar-refractivity contribution is 5.79. The molecule has 0 bridgehead atoms. The number of carbonyl (C=O) groups excluding carboxylic acids is 2. The standard InChI is InChI=1S/C20H28FN3O2/c21-17-8-2-1-7-16(17)20(9-3-4-10-20)14-23-19(26)15-6-5-11-24(12-15)13-18(22)25/h1-2,7-8,15H,3-6,9-14H2,(H2,22,25)(H,23,26)/t15-/m1/s1. The molecule has 5 nitrogen and oxygen atoms in total. The number of nitrogens with two attached hydrogens (primary N) is 1. The minimum absolute atomic E-state index is 0.00165. The number of primary amides is 1. The fourth-order valence-corrected chi connectivity index (χ4v) is 4.52. The van der Waals surface area contributed by atoms with E-state index >= 15 is 0 Å². The third kappa shape index (κ3) is 4.23. The Labute approximate surface area is 154 Å². The second-order valence-electron chi connectivity index (χ2n) is 7.73. The minimum Gasteiger partial charge on any atom is -0.369 e. The molecule has 0 spiro atoms. The van der Waals surface area contributed by atoms with Crippen LogP contribution in [0, 0.1) is 11.7 Å². The summed E-state index contributed by atoms with van der Waals surface area (Å²) in [5, 5.41) is 3.09. The number of hydrogen-bond donors (Lipinski definition) is 2. The molecule has 0 radical (unpaired) electrons. The number of likely N-dealkylation sites (tertiary alicyclic amines) is 1. The van der Waals surface area contributed by atoms with Crippen molar-refractivity contribution in [1.82, 2.24) is 10.2 Å². The van der Waals surface area contributed by atoms with E-state index in [4.69, 9.17) is 5.73 Å². The van der Waals surface area contributed by atoms with E-state index in [0.29, 0.717) is 13.1 Å². The number of rotatable bonds is 6. The maximum atomic E-state index is 14.4. The molecule has 3 N–H and O–H groups in total. The Balaban J connectivity index is 1.63. The first-order chi connectivity index (χ1) is 12.5. The Morgan fingerprint density at radius 3 is 2.65 bits per heavy atom. The van der Waals surface area contributed by atoms with Gasteiger partial charge in [-0.25, -0.2) is 4.39 Å².